The Morgan fingerprint density at radius 1 is 1.50 bits per heavy atom. The van der Waals surface area contributed by atoms with E-state index in [0.717, 1.165) is 11.8 Å². The number of aromatic amines is 1. The molecule has 0 aliphatic heterocycles. The molecule has 0 saturated carbocycles. The van der Waals surface area contributed by atoms with E-state index in [9.17, 15) is 18.0 Å². The van der Waals surface area contributed by atoms with E-state index < -0.39 is 17.4 Å². The van der Waals surface area contributed by atoms with Gasteiger partial charge in [0.25, 0.3) is 5.56 Å². The van der Waals surface area contributed by atoms with Crippen LogP contribution in [0.4, 0.5) is 13.2 Å². The highest BCUT2D eigenvalue weighted by Crippen LogP contribution is 2.27. The summed E-state index contributed by atoms with van der Waals surface area (Å²) in [5.41, 5.74) is 3.25. The Morgan fingerprint density at radius 3 is 2.75 bits per heavy atom. The first kappa shape index (κ1) is 13.0. The molecule has 90 valence electrons. The van der Waals surface area contributed by atoms with Crippen LogP contribution in [0, 0.1) is 0 Å². The first-order valence-electron chi connectivity index (χ1n) is 4.45. The predicted molar refractivity (Wildman–Crippen MR) is 54.3 cm³/mol. The summed E-state index contributed by atoms with van der Waals surface area (Å²) in [7, 11) is 0. The minimum Gasteiger partial charge on any atom is -0.330 e. The van der Waals surface area contributed by atoms with Gasteiger partial charge in [-0.2, -0.15) is 13.2 Å². The highest BCUT2D eigenvalue weighted by Gasteiger charge is 2.33. The summed E-state index contributed by atoms with van der Waals surface area (Å²) >= 11 is 1.04. The van der Waals surface area contributed by atoms with Crippen molar-refractivity contribution in [1.29, 1.82) is 0 Å². The van der Waals surface area contributed by atoms with Crippen LogP contribution >= 0.6 is 11.8 Å². The van der Waals surface area contributed by atoms with Crippen molar-refractivity contribution in [1.82, 2.24) is 9.97 Å². The number of hydrogen-bond acceptors (Lipinski definition) is 4. The molecule has 0 unspecified atom stereocenters. The number of nitrogens with one attached hydrogen (secondary N) is 1. The van der Waals surface area contributed by atoms with Gasteiger partial charge in [0.2, 0.25) is 0 Å². The summed E-state index contributed by atoms with van der Waals surface area (Å²) in [5, 5.41) is -0.0340. The topological polar surface area (TPSA) is 71.8 Å². The number of thioether (sulfide) groups is 1. The average molecular weight is 253 g/mol. The standard InChI is InChI=1S/C8H10F3N3OS/c9-8(10,11)5-4-6(15)14-7(13-5)16-3-1-2-12/h4H,1-3,12H2,(H,13,14,15). The maximum atomic E-state index is 12.3. The molecular weight excluding hydrogens is 243 g/mol. The minimum absolute atomic E-state index is 0.0340. The van der Waals surface area contributed by atoms with Crippen LogP contribution in [0.2, 0.25) is 0 Å². The average Bonchev–Trinajstić information content (AvgIpc) is 2.16. The van der Waals surface area contributed by atoms with Crippen LogP contribution in [0.25, 0.3) is 0 Å². The smallest absolute Gasteiger partial charge is 0.330 e. The van der Waals surface area contributed by atoms with Crippen LogP contribution in [0.15, 0.2) is 16.0 Å². The highest BCUT2D eigenvalue weighted by molar-refractivity contribution is 7.99. The number of nitrogens with zero attached hydrogens (tertiary/aromatic N) is 1. The molecule has 0 fully saturated rings. The Kier molecular flexibility index (Phi) is 4.36. The van der Waals surface area contributed by atoms with Crippen molar-refractivity contribution in [3.8, 4) is 0 Å². The molecule has 0 atom stereocenters. The number of nitrogens with two attached hydrogens (primary N) is 1. The van der Waals surface area contributed by atoms with Gasteiger partial charge in [-0.3, -0.25) is 4.79 Å². The lowest BCUT2D eigenvalue weighted by Gasteiger charge is -2.06. The Balaban J connectivity index is 2.86. The predicted octanol–water partition coefficient (Wildman–Crippen LogP) is 1.23. The Bertz CT molecular complexity index is 404. The van der Waals surface area contributed by atoms with Crippen molar-refractivity contribution in [3.63, 3.8) is 0 Å². The summed E-state index contributed by atoms with van der Waals surface area (Å²) in [6, 6.07) is 0.437. The molecule has 1 aromatic rings. The lowest BCUT2D eigenvalue weighted by Crippen LogP contribution is -2.16. The van der Waals surface area contributed by atoms with Gasteiger partial charge in [0.15, 0.2) is 10.9 Å². The normalized spacial score (nSPS) is 11.8. The molecule has 0 spiro atoms. The zero-order chi connectivity index (χ0) is 12.2. The summed E-state index contributed by atoms with van der Waals surface area (Å²) in [6.07, 6.45) is -3.96. The van der Waals surface area contributed by atoms with Gasteiger partial charge in [-0.05, 0) is 13.0 Å². The van der Waals surface area contributed by atoms with Crippen molar-refractivity contribution in [2.45, 2.75) is 17.8 Å². The van der Waals surface area contributed by atoms with Gasteiger partial charge in [0, 0.05) is 11.8 Å². The van der Waals surface area contributed by atoms with Gasteiger partial charge in [0.1, 0.15) is 0 Å². The van der Waals surface area contributed by atoms with Gasteiger partial charge < -0.3 is 10.7 Å². The zero-order valence-electron chi connectivity index (χ0n) is 8.17. The fourth-order valence-electron chi connectivity index (χ4n) is 0.901. The maximum absolute atomic E-state index is 12.3. The first-order chi connectivity index (χ1) is 7.43. The quantitative estimate of drug-likeness (QED) is 0.481. The summed E-state index contributed by atoms with van der Waals surface area (Å²) in [4.78, 5) is 16.5. The molecule has 0 saturated heterocycles. The minimum atomic E-state index is -4.60. The monoisotopic (exact) mass is 253 g/mol. The van der Waals surface area contributed by atoms with E-state index >= 15 is 0 Å². The fraction of sp³-hybridized carbons (Fsp3) is 0.500. The van der Waals surface area contributed by atoms with E-state index in [1.54, 1.807) is 0 Å². The first-order valence-corrected chi connectivity index (χ1v) is 5.43. The molecule has 8 heteroatoms. The Labute approximate surface area is 93.5 Å². The lowest BCUT2D eigenvalue weighted by molar-refractivity contribution is -0.141. The maximum Gasteiger partial charge on any atom is 0.433 e. The number of halogens is 3. The molecule has 1 heterocycles. The number of alkyl halides is 3. The molecule has 1 rings (SSSR count). The van der Waals surface area contributed by atoms with Gasteiger partial charge in [-0.25, -0.2) is 4.98 Å². The lowest BCUT2D eigenvalue weighted by atomic mass is 10.4. The van der Waals surface area contributed by atoms with Crippen LogP contribution in [0.5, 0.6) is 0 Å². The fourth-order valence-corrected chi connectivity index (χ4v) is 1.74. The third kappa shape index (κ3) is 3.86. The van der Waals surface area contributed by atoms with E-state index in [2.05, 4.69) is 9.97 Å². The molecule has 0 aliphatic rings. The van der Waals surface area contributed by atoms with Crippen LogP contribution in [0.3, 0.4) is 0 Å². The molecule has 0 radical (unpaired) electrons. The molecule has 4 nitrogen and oxygen atoms in total. The molecule has 1 aromatic heterocycles. The van der Waals surface area contributed by atoms with Crippen LogP contribution in [0.1, 0.15) is 12.1 Å². The molecule has 0 bridgehead atoms. The third-order valence-electron chi connectivity index (χ3n) is 1.60. The van der Waals surface area contributed by atoms with Gasteiger partial charge >= 0.3 is 6.18 Å². The van der Waals surface area contributed by atoms with Crippen molar-refractivity contribution in [2.24, 2.45) is 5.73 Å². The largest absolute Gasteiger partial charge is 0.433 e. The SMILES string of the molecule is NCCCSc1nc(C(F)(F)F)cc(=O)[nH]1. The molecule has 3 N–H and O–H groups in total. The highest BCUT2D eigenvalue weighted by atomic mass is 32.2. The Morgan fingerprint density at radius 2 is 2.19 bits per heavy atom. The molecule has 0 aromatic carbocycles. The molecule has 0 amide bonds. The van der Waals surface area contributed by atoms with E-state index in [4.69, 9.17) is 5.73 Å². The molecule has 0 aliphatic carbocycles. The van der Waals surface area contributed by atoms with Gasteiger partial charge in [0.05, 0.1) is 0 Å². The van der Waals surface area contributed by atoms with Crippen molar-refractivity contribution in [3.05, 3.63) is 22.1 Å². The van der Waals surface area contributed by atoms with E-state index in [-0.39, 0.29) is 5.16 Å². The van der Waals surface area contributed by atoms with Crippen LogP contribution in [-0.4, -0.2) is 22.3 Å². The number of aromatic nitrogens is 2. The van der Waals surface area contributed by atoms with Gasteiger partial charge in [-0.1, -0.05) is 11.8 Å². The van der Waals surface area contributed by atoms with Gasteiger partial charge in [-0.15, -0.1) is 0 Å². The summed E-state index contributed by atoms with van der Waals surface area (Å²) < 4.78 is 36.9. The van der Waals surface area contributed by atoms with Crippen LogP contribution in [-0.2, 0) is 6.18 Å². The second-order valence-electron chi connectivity index (χ2n) is 2.92. The molecular formula is C8H10F3N3OS. The number of rotatable bonds is 4. The van der Waals surface area contributed by atoms with Crippen molar-refractivity contribution in [2.75, 3.05) is 12.3 Å². The Hall–Kier alpha value is -1.02. The van der Waals surface area contributed by atoms with Crippen molar-refractivity contribution < 1.29 is 13.2 Å². The van der Waals surface area contributed by atoms with E-state index in [1.807, 2.05) is 0 Å². The van der Waals surface area contributed by atoms with Crippen molar-refractivity contribution >= 4 is 11.8 Å². The summed E-state index contributed by atoms with van der Waals surface area (Å²) in [5.74, 6) is 0.515. The number of hydrogen-bond donors (Lipinski definition) is 2. The molecule has 16 heavy (non-hydrogen) atoms. The van der Waals surface area contributed by atoms with Crippen LogP contribution < -0.4 is 11.3 Å². The van der Waals surface area contributed by atoms with E-state index in [1.165, 1.54) is 0 Å². The third-order valence-corrected chi connectivity index (χ3v) is 2.56. The van der Waals surface area contributed by atoms with E-state index in [0.29, 0.717) is 24.8 Å². The summed E-state index contributed by atoms with van der Waals surface area (Å²) in [6.45, 7) is 0.441. The zero-order valence-corrected chi connectivity index (χ0v) is 8.99. The second-order valence-corrected chi connectivity index (χ2v) is 4.01. The second kappa shape index (κ2) is 5.35. The number of H-pyrrole nitrogens is 1.